The Balaban J connectivity index is 2.02. The van der Waals surface area contributed by atoms with Crippen LogP contribution >= 0.6 is 0 Å². The van der Waals surface area contributed by atoms with Gasteiger partial charge >= 0.3 is 6.03 Å². The quantitative estimate of drug-likeness (QED) is 0.635. The molecule has 2 aliphatic rings. The first-order valence-electron chi connectivity index (χ1n) is 7.45. The third kappa shape index (κ3) is 3.18. The van der Waals surface area contributed by atoms with E-state index in [1.165, 1.54) is 0 Å². The van der Waals surface area contributed by atoms with Gasteiger partial charge in [-0.3, -0.25) is 14.5 Å². The van der Waals surface area contributed by atoms with Crippen LogP contribution in [-0.2, 0) is 9.59 Å². The van der Waals surface area contributed by atoms with Crippen molar-refractivity contribution in [2.45, 2.75) is 51.1 Å². The molecule has 7 nitrogen and oxygen atoms in total. The van der Waals surface area contributed by atoms with Crippen LogP contribution in [0.1, 0.15) is 40.0 Å². The summed E-state index contributed by atoms with van der Waals surface area (Å²) in [5.41, 5.74) is -1.21. The number of carbonyl (C=O) groups is 3. The molecule has 0 aliphatic carbocycles. The molecular formula is C14H24N4O3. The second-order valence-electron chi connectivity index (χ2n) is 6.47. The summed E-state index contributed by atoms with van der Waals surface area (Å²) in [5.74, 6) is -0.615. The third-order valence-corrected chi connectivity index (χ3v) is 4.29. The van der Waals surface area contributed by atoms with Crippen molar-refractivity contribution >= 4 is 17.8 Å². The minimum absolute atomic E-state index is 0.226. The first-order valence-corrected chi connectivity index (χ1v) is 7.45. The van der Waals surface area contributed by atoms with Gasteiger partial charge in [0.1, 0.15) is 12.1 Å². The van der Waals surface area contributed by atoms with Crippen molar-refractivity contribution in [1.82, 2.24) is 20.9 Å². The van der Waals surface area contributed by atoms with Gasteiger partial charge in [0.2, 0.25) is 5.91 Å². The van der Waals surface area contributed by atoms with Crippen molar-refractivity contribution in [3.05, 3.63) is 0 Å². The molecule has 7 heteroatoms. The fourth-order valence-corrected chi connectivity index (χ4v) is 2.66. The number of rotatable bonds is 4. The molecule has 0 aromatic heterocycles. The molecule has 0 aromatic rings. The molecule has 2 heterocycles. The first-order chi connectivity index (χ1) is 9.80. The summed E-state index contributed by atoms with van der Waals surface area (Å²) in [6.45, 7) is 6.82. The van der Waals surface area contributed by atoms with E-state index in [1.54, 1.807) is 0 Å². The van der Waals surface area contributed by atoms with Crippen LogP contribution in [0.4, 0.5) is 4.79 Å². The summed E-state index contributed by atoms with van der Waals surface area (Å²) in [5, 5.41) is 8.71. The van der Waals surface area contributed by atoms with Gasteiger partial charge in [-0.15, -0.1) is 0 Å². The van der Waals surface area contributed by atoms with E-state index in [4.69, 9.17) is 0 Å². The molecule has 2 fully saturated rings. The standard InChI is InChI=1S/C14H24N4O3/c1-4-13(2,3)16-10(19)8-18-11(20)14(17-12(18)21)6-5-7-15-9-14/h15H,4-9H2,1-3H3,(H,16,19)(H,17,21). The highest BCUT2D eigenvalue weighted by atomic mass is 16.2. The highest BCUT2D eigenvalue weighted by Gasteiger charge is 2.51. The van der Waals surface area contributed by atoms with Crippen molar-refractivity contribution in [2.75, 3.05) is 19.6 Å². The number of nitrogens with zero attached hydrogens (tertiary/aromatic N) is 1. The van der Waals surface area contributed by atoms with Crippen molar-refractivity contribution in [2.24, 2.45) is 0 Å². The average Bonchev–Trinajstić information content (AvgIpc) is 2.64. The summed E-state index contributed by atoms with van der Waals surface area (Å²) in [6.07, 6.45) is 2.21. The highest BCUT2D eigenvalue weighted by molar-refractivity contribution is 6.09. The fourth-order valence-electron chi connectivity index (χ4n) is 2.66. The molecule has 0 bridgehead atoms. The van der Waals surface area contributed by atoms with E-state index >= 15 is 0 Å². The number of carbonyl (C=O) groups excluding carboxylic acids is 3. The topological polar surface area (TPSA) is 90.5 Å². The summed E-state index contributed by atoms with van der Waals surface area (Å²) in [6, 6.07) is -0.479. The van der Waals surface area contributed by atoms with Gasteiger partial charge in [0.05, 0.1) is 0 Å². The number of amides is 4. The number of hydrogen-bond donors (Lipinski definition) is 3. The van der Waals surface area contributed by atoms with Crippen LogP contribution in [0.2, 0.25) is 0 Å². The largest absolute Gasteiger partial charge is 0.350 e. The van der Waals surface area contributed by atoms with Crippen LogP contribution in [0.25, 0.3) is 0 Å². The second-order valence-corrected chi connectivity index (χ2v) is 6.47. The zero-order valence-corrected chi connectivity index (χ0v) is 12.9. The Labute approximate surface area is 124 Å². The maximum atomic E-state index is 12.5. The second kappa shape index (κ2) is 5.63. The number of urea groups is 1. The Bertz CT molecular complexity index is 455. The maximum absolute atomic E-state index is 12.5. The van der Waals surface area contributed by atoms with Crippen LogP contribution in [0.15, 0.2) is 0 Å². The van der Waals surface area contributed by atoms with Crippen molar-refractivity contribution in [1.29, 1.82) is 0 Å². The Morgan fingerprint density at radius 3 is 2.71 bits per heavy atom. The predicted octanol–water partition coefficient (Wildman–Crippen LogP) is -0.0348. The minimum atomic E-state index is -0.865. The lowest BCUT2D eigenvalue weighted by molar-refractivity contribution is -0.135. The minimum Gasteiger partial charge on any atom is -0.350 e. The molecule has 0 aromatic carbocycles. The predicted molar refractivity (Wildman–Crippen MR) is 77.6 cm³/mol. The average molecular weight is 296 g/mol. The molecule has 21 heavy (non-hydrogen) atoms. The Hall–Kier alpha value is -1.63. The van der Waals surface area contributed by atoms with E-state index in [-0.39, 0.29) is 23.9 Å². The van der Waals surface area contributed by atoms with Crippen LogP contribution in [-0.4, -0.2) is 53.5 Å². The van der Waals surface area contributed by atoms with Crippen LogP contribution in [0.5, 0.6) is 0 Å². The van der Waals surface area contributed by atoms with Gasteiger partial charge in [-0.25, -0.2) is 4.79 Å². The molecule has 2 aliphatic heterocycles. The summed E-state index contributed by atoms with van der Waals surface area (Å²) < 4.78 is 0. The van der Waals surface area contributed by atoms with E-state index < -0.39 is 11.6 Å². The summed E-state index contributed by atoms with van der Waals surface area (Å²) in [7, 11) is 0. The van der Waals surface area contributed by atoms with Gasteiger partial charge in [0.15, 0.2) is 0 Å². The lowest BCUT2D eigenvalue weighted by Crippen LogP contribution is -2.57. The highest BCUT2D eigenvalue weighted by Crippen LogP contribution is 2.24. The number of piperidine rings is 1. The van der Waals surface area contributed by atoms with Crippen LogP contribution in [0.3, 0.4) is 0 Å². The lowest BCUT2D eigenvalue weighted by Gasteiger charge is -2.31. The van der Waals surface area contributed by atoms with Gasteiger partial charge in [-0.05, 0) is 39.7 Å². The van der Waals surface area contributed by atoms with Crippen LogP contribution in [0, 0.1) is 0 Å². The van der Waals surface area contributed by atoms with Gasteiger partial charge in [0.25, 0.3) is 5.91 Å². The fraction of sp³-hybridized carbons (Fsp3) is 0.786. The van der Waals surface area contributed by atoms with E-state index in [0.29, 0.717) is 13.0 Å². The van der Waals surface area contributed by atoms with E-state index in [9.17, 15) is 14.4 Å². The molecule has 0 saturated carbocycles. The molecule has 118 valence electrons. The van der Waals surface area contributed by atoms with Gasteiger partial charge < -0.3 is 16.0 Å². The van der Waals surface area contributed by atoms with E-state index in [0.717, 1.165) is 24.3 Å². The Morgan fingerprint density at radius 2 is 2.14 bits per heavy atom. The van der Waals surface area contributed by atoms with Gasteiger partial charge in [0, 0.05) is 12.1 Å². The van der Waals surface area contributed by atoms with E-state index in [1.807, 2.05) is 20.8 Å². The Kier molecular flexibility index (Phi) is 4.22. The number of nitrogens with one attached hydrogen (secondary N) is 3. The normalized spacial score (nSPS) is 26.1. The first kappa shape index (κ1) is 15.8. The zero-order chi connectivity index (χ0) is 15.7. The number of hydrogen-bond acceptors (Lipinski definition) is 4. The SMILES string of the molecule is CCC(C)(C)NC(=O)CN1C(=O)NC2(CCCNC2)C1=O. The number of imide groups is 1. The summed E-state index contributed by atoms with van der Waals surface area (Å²) in [4.78, 5) is 37.6. The molecule has 0 radical (unpaired) electrons. The Morgan fingerprint density at radius 1 is 1.43 bits per heavy atom. The lowest BCUT2D eigenvalue weighted by atomic mass is 9.90. The molecule has 1 spiro atoms. The smallest absolute Gasteiger partial charge is 0.325 e. The molecule has 1 unspecified atom stereocenters. The molecule has 1 atom stereocenters. The zero-order valence-electron chi connectivity index (χ0n) is 12.9. The van der Waals surface area contributed by atoms with Crippen LogP contribution < -0.4 is 16.0 Å². The third-order valence-electron chi connectivity index (χ3n) is 4.29. The monoisotopic (exact) mass is 296 g/mol. The van der Waals surface area contributed by atoms with Crippen molar-refractivity contribution < 1.29 is 14.4 Å². The van der Waals surface area contributed by atoms with Gasteiger partial charge in [-0.2, -0.15) is 0 Å². The summed E-state index contributed by atoms with van der Waals surface area (Å²) >= 11 is 0. The van der Waals surface area contributed by atoms with E-state index in [2.05, 4.69) is 16.0 Å². The molecule has 2 saturated heterocycles. The molecule has 3 N–H and O–H groups in total. The molecule has 2 rings (SSSR count). The van der Waals surface area contributed by atoms with Crippen molar-refractivity contribution in [3.8, 4) is 0 Å². The molecule has 4 amide bonds. The maximum Gasteiger partial charge on any atom is 0.325 e. The molecular weight excluding hydrogens is 272 g/mol. The van der Waals surface area contributed by atoms with Gasteiger partial charge in [-0.1, -0.05) is 6.92 Å². The van der Waals surface area contributed by atoms with Crippen molar-refractivity contribution in [3.63, 3.8) is 0 Å².